The summed E-state index contributed by atoms with van der Waals surface area (Å²) < 4.78 is 7.39. The van der Waals surface area contributed by atoms with E-state index >= 15 is 0 Å². The number of hydrogen-bond donors (Lipinski definition) is 1. The molecule has 3 aromatic rings. The minimum Gasteiger partial charge on any atom is -0.497 e. The summed E-state index contributed by atoms with van der Waals surface area (Å²) in [4.78, 5) is 27.5. The Morgan fingerprint density at radius 2 is 1.76 bits per heavy atom. The van der Waals surface area contributed by atoms with Crippen LogP contribution < -0.4 is 15.0 Å². The van der Waals surface area contributed by atoms with Gasteiger partial charge in [0.25, 0.3) is 11.8 Å². The SMILES string of the molecule is CCc1cccc(C)c1-n1c(C)cc(/C=C2/C(=O)NC(=S)N(c3ccc(OC)cc3)C2=O)c1C. The second kappa shape index (κ2) is 9.27. The molecule has 6 nitrogen and oxygen atoms in total. The Hall–Kier alpha value is -3.71. The number of amides is 2. The van der Waals surface area contributed by atoms with Crippen LogP contribution in [0.25, 0.3) is 11.8 Å². The molecule has 2 aromatic carbocycles. The molecule has 1 saturated heterocycles. The van der Waals surface area contributed by atoms with Crippen LogP contribution in [-0.4, -0.2) is 28.6 Å². The van der Waals surface area contributed by atoms with Crippen molar-refractivity contribution in [1.29, 1.82) is 0 Å². The van der Waals surface area contributed by atoms with E-state index in [4.69, 9.17) is 17.0 Å². The summed E-state index contributed by atoms with van der Waals surface area (Å²) in [5.41, 5.74) is 6.93. The maximum atomic E-state index is 13.4. The van der Waals surface area contributed by atoms with Crippen molar-refractivity contribution in [1.82, 2.24) is 9.88 Å². The van der Waals surface area contributed by atoms with Crippen LogP contribution in [0.15, 0.2) is 54.1 Å². The van der Waals surface area contributed by atoms with E-state index in [1.54, 1.807) is 37.5 Å². The van der Waals surface area contributed by atoms with E-state index in [-0.39, 0.29) is 10.7 Å². The molecule has 1 aliphatic heterocycles. The highest BCUT2D eigenvalue weighted by Crippen LogP contribution is 2.29. The molecule has 2 heterocycles. The number of nitrogens with zero attached hydrogens (tertiary/aromatic N) is 2. The van der Waals surface area contributed by atoms with Crippen molar-refractivity contribution in [3.05, 3.63) is 82.2 Å². The summed E-state index contributed by atoms with van der Waals surface area (Å²) in [6.07, 6.45) is 2.55. The Balaban J connectivity index is 1.78. The molecule has 0 atom stereocenters. The quantitative estimate of drug-likeness (QED) is 0.328. The van der Waals surface area contributed by atoms with Gasteiger partial charge in [0.2, 0.25) is 0 Å². The van der Waals surface area contributed by atoms with E-state index in [9.17, 15) is 9.59 Å². The molecule has 34 heavy (non-hydrogen) atoms. The molecular weight excluding hydrogens is 446 g/mol. The number of nitrogens with one attached hydrogen (secondary N) is 1. The lowest BCUT2D eigenvalue weighted by molar-refractivity contribution is -0.122. The fourth-order valence-corrected chi connectivity index (χ4v) is 4.66. The Bertz CT molecular complexity index is 1340. The van der Waals surface area contributed by atoms with Crippen LogP contribution in [0.3, 0.4) is 0 Å². The summed E-state index contributed by atoms with van der Waals surface area (Å²) in [6, 6.07) is 15.2. The number of carbonyl (C=O) groups excluding carboxylic acids is 2. The molecule has 1 fully saturated rings. The Morgan fingerprint density at radius 1 is 1.06 bits per heavy atom. The molecule has 174 valence electrons. The molecule has 0 radical (unpaired) electrons. The van der Waals surface area contributed by atoms with Gasteiger partial charge in [-0.1, -0.05) is 25.1 Å². The summed E-state index contributed by atoms with van der Waals surface area (Å²) in [5, 5.41) is 2.70. The number of rotatable bonds is 5. The third-order valence-corrected chi connectivity index (χ3v) is 6.41. The highest BCUT2D eigenvalue weighted by Gasteiger charge is 2.34. The smallest absolute Gasteiger partial charge is 0.270 e. The maximum Gasteiger partial charge on any atom is 0.270 e. The number of benzene rings is 2. The van der Waals surface area contributed by atoms with Gasteiger partial charge >= 0.3 is 0 Å². The lowest BCUT2D eigenvalue weighted by Crippen LogP contribution is -2.54. The van der Waals surface area contributed by atoms with Gasteiger partial charge in [-0.15, -0.1) is 0 Å². The van der Waals surface area contributed by atoms with Gasteiger partial charge in [0.05, 0.1) is 18.5 Å². The van der Waals surface area contributed by atoms with Gasteiger partial charge in [0.1, 0.15) is 11.3 Å². The Labute approximate surface area is 204 Å². The van der Waals surface area contributed by atoms with E-state index in [2.05, 4.69) is 41.9 Å². The Morgan fingerprint density at radius 3 is 2.41 bits per heavy atom. The second-order valence-corrected chi connectivity index (χ2v) is 8.64. The molecule has 1 N–H and O–H groups in total. The Kier molecular flexibility index (Phi) is 6.39. The monoisotopic (exact) mass is 473 g/mol. The first-order chi connectivity index (χ1) is 16.3. The molecule has 7 heteroatoms. The number of anilines is 1. The normalized spacial score (nSPS) is 15.1. The topological polar surface area (TPSA) is 63.6 Å². The fraction of sp³-hybridized carbons (Fsp3) is 0.222. The van der Waals surface area contributed by atoms with Gasteiger partial charge in [0, 0.05) is 11.4 Å². The number of aromatic nitrogens is 1. The molecule has 0 aliphatic carbocycles. The van der Waals surface area contributed by atoms with E-state index in [0.717, 1.165) is 29.1 Å². The largest absolute Gasteiger partial charge is 0.497 e. The van der Waals surface area contributed by atoms with Crippen molar-refractivity contribution in [2.75, 3.05) is 12.0 Å². The number of methoxy groups -OCH3 is 1. The minimum atomic E-state index is -0.505. The summed E-state index contributed by atoms with van der Waals surface area (Å²) in [7, 11) is 1.57. The number of hydrogen-bond acceptors (Lipinski definition) is 4. The molecule has 2 amide bonds. The number of thiocarbonyl (C=S) groups is 1. The van der Waals surface area contributed by atoms with Crippen LogP contribution in [0.2, 0.25) is 0 Å². The van der Waals surface area contributed by atoms with Crippen LogP contribution in [0.5, 0.6) is 5.75 Å². The van der Waals surface area contributed by atoms with Crippen LogP contribution in [0.4, 0.5) is 5.69 Å². The third-order valence-electron chi connectivity index (χ3n) is 6.13. The number of ether oxygens (including phenoxy) is 1. The van der Waals surface area contributed by atoms with E-state index in [0.29, 0.717) is 11.4 Å². The van der Waals surface area contributed by atoms with Crippen molar-refractivity contribution in [2.45, 2.75) is 34.1 Å². The van der Waals surface area contributed by atoms with Crippen LogP contribution in [0.1, 0.15) is 35.0 Å². The van der Waals surface area contributed by atoms with Crippen LogP contribution >= 0.6 is 12.2 Å². The summed E-state index contributed by atoms with van der Waals surface area (Å²) >= 11 is 5.31. The molecule has 0 saturated carbocycles. The van der Waals surface area contributed by atoms with Crippen LogP contribution in [-0.2, 0) is 16.0 Å². The van der Waals surface area contributed by atoms with E-state index in [1.807, 2.05) is 19.9 Å². The summed E-state index contributed by atoms with van der Waals surface area (Å²) in [5.74, 6) is -0.308. The first-order valence-electron chi connectivity index (χ1n) is 11.1. The average molecular weight is 474 g/mol. The third kappa shape index (κ3) is 4.03. The van der Waals surface area contributed by atoms with E-state index in [1.165, 1.54) is 16.0 Å². The zero-order valence-corrected chi connectivity index (χ0v) is 20.7. The van der Waals surface area contributed by atoms with Crippen molar-refractivity contribution >= 4 is 40.9 Å². The predicted molar refractivity (Wildman–Crippen MR) is 139 cm³/mol. The van der Waals surface area contributed by atoms with Crippen molar-refractivity contribution < 1.29 is 14.3 Å². The van der Waals surface area contributed by atoms with E-state index < -0.39 is 11.8 Å². The van der Waals surface area contributed by atoms with Gasteiger partial charge in [-0.2, -0.15) is 0 Å². The minimum absolute atomic E-state index is 0.0326. The van der Waals surface area contributed by atoms with Gasteiger partial charge in [-0.25, -0.2) is 0 Å². The highest BCUT2D eigenvalue weighted by molar-refractivity contribution is 7.80. The first-order valence-corrected chi connectivity index (χ1v) is 11.5. The highest BCUT2D eigenvalue weighted by atomic mass is 32.1. The summed E-state index contributed by atoms with van der Waals surface area (Å²) in [6.45, 7) is 8.26. The predicted octanol–water partition coefficient (Wildman–Crippen LogP) is 4.80. The number of para-hydroxylation sites is 1. The molecule has 0 spiro atoms. The molecular formula is C27H27N3O3S. The molecule has 1 aromatic heterocycles. The maximum absolute atomic E-state index is 13.4. The number of aryl methyl sites for hydroxylation is 3. The zero-order valence-electron chi connectivity index (χ0n) is 19.9. The average Bonchev–Trinajstić information content (AvgIpc) is 3.09. The van der Waals surface area contributed by atoms with Crippen molar-refractivity contribution in [2.24, 2.45) is 0 Å². The van der Waals surface area contributed by atoms with Crippen molar-refractivity contribution in [3.8, 4) is 11.4 Å². The van der Waals surface area contributed by atoms with Gasteiger partial charge in [-0.05, 0) is 92.5 Å². The zero-order chi connectivity index (χ0) is 24.6. The van der Waals surface area contributed by atoms with Gasteiger partial charge in [-0.3, -0.25) is 19.8 Å². The van der Waals surface area contributed by atoms with Gasteiger partial charge < -0.3 is 9.30 Å². The molecule has 0 unspecified atom stereocenters. The number of carbonyl (C=O) groups is 2. The van der Waals surface area contributed by atoms with Crippen LogP contribution in [0, 0.1) is 20.8 Å². The lowest BCUT2D eigenvalue weighted by atomic mass is 10.0. The second-order valence-electron chi connectivity index (χ2n) is 8.25. The molecule has 1 aliphatic rings. The fourth-order valence-electron chi connectivity index (χ4n) is 4.38. The van der Waals surface area contributed by atoms with Gasteiger partial charge in [0.15, 0.2) is 5.11 Å². The first kappa shape index (κ1) is 23.4. The standard InChI is InChI=1S/C27H27N3O3S/c1-6-19-9-7-8-16(2)24(19)29-17(3)14-20(18(29)4)15-23-25(31)28-27(34)30(26(23)32)21-10-12-22(33-5)13-11-21/h7-15H,6H2,1-5H3,(H,28,31,34)/b23-15-. The molecule has 4 rings (SSSR count). The lowest BCUT2D eigenvalue weighted by Gasteiger charge is -2.29. The van der Waals surface area contributed by atoms with Crippen molar-refractivity contribution in [3.63, 3.8) is 0 Å². The molecule has 0 bridgehead atoms.